The molecule has 3 rings (SSSR count). The number of halogens is 1. The molecule has 7 nitrogen and oxygen atoms in total. The summed E-state index contributed by atoms with van der Waals surface area (Å²) in [7, 11) is 3.49. The number of nitrogens with zero attached hydrogens (tertiary/aromatic N) is 2. The van der Waals surface area contributed by atoms with Crippen LogP contribution in [0, 0.1) is 0 Å². The first kappa shape index (κ1) is 26.8. The number of anilines is 1. The lowest BCUT2D eigenvalue weighted by molar-refractivity contribution is 0.0953. The molecule has 0 spiro atoms. The molecule has 0 aromatic heterocycles. The number of hydrogen-bond acceptors (Lipinski definition) is 4. The second kappa shape index (κ2) is 13.9. The molecule has 0 bridgehead atoms. The lowest BCUT2D eigenvalue weighted by atomic mass is 10.1. The average Bonchev–Trinajstić information content (AvgIpc) is 3.30. The predicted octanol–water partition coefficient (Wildman–Crippen LogP) is 3.79. The fourth-order valence-corrected chi connectivity index (χ4v) is 3.82. The molecule has 2 aromatic carbocycles. The Labute approximate surface area is 214 Å². The summed E-state index contributed by atoms with van der Waals surface area (Å²) in [5, 5.41) is 9.85. The van der Waals surface area contributed by atoms with E-state index in [0.29, 0.717) is 18.2 Å². The first-order chi connectivity index (χ1) is 15.6. The van der Waals surface area contributed by atoms with Crippen LogP contribution in [0.1, 0.15) is 42.1 Å². The maximum atomic E-state index is 12.1. The Kier molecular flexibility index (Phi) is 11.3. The number of rotatable bonds is 9. The summed E-state index contributed by atoms with van der Waals surface area (Å²) >= 11 is 0. The molecule has 3 N–H and O–H groups in total. The Morgan fingerprint density at radius 1 is 1.15 bits per heavy atom. The summed E-state index contributed by atoms with van der Waals surface area (Å²) in [6.07, 6.45) is 3.09. The number of amides is 1. The van der Waals surface area contributed by atoms with Gasteiger partial charge in [0.2, 0.25) is 0 Å². The van der Waals surface area contributed by atoms with E-state index >= 15 is 0 Å². The molecule has 1 heterocycles. The van der Waals surface area contributed by atoms with Crippen LogP contribution in [0.2, 0.25) is 0 Å². The summed E-state index contributed by atoms with van der Waals surface area (Å²) in [6.45, 7) is 5.33. The van der Waals surface area contributed by atoms with Crippen LogP contribution < -0.4 is 25.6 Å². The van der Waals surface area contributed by atoms with Crippen LogP contribution in [0.4, 0.5) is 5.69 Å². The minimum absolute atomic E-state index is 0. The van der Waals surface area contributed by atoms with E-state index < -0.39 is 0 Å². The molecule has 1 aliphatic rings. The van der Waals surface area contributed by atoms with Gasteiger partial charge in [0.15, 0.2) is 5.96 Å². The second-order valence-corrected chi connectivity index (χ2v) is 7.98. The summed E-state index contributed by atoms with van der Waals surface area (Å²) in [5.41, 5.74) is 2.91. The third-order valence-corrected chi connectivity index (χ3v) is 5.67. The molecule has 1 atom stereocenters. The molecule has 180 valence electrons. The molecule has 1 fully saturated rings. The zero-order chi connectivity index (χ0) is 22.8. The van der Waals surface area contributed by atoms with Crippen LogP contribution in [-0.2, 0) is 6.54 Å². The van der Waals surface area contributed by atoms with Gasteiger partial charge in [-0.15, -0.1) is 24.0 Å². The van der Waals surface area contributed by atoms with Crippen molar-refractivity contribution in [1.82, 2.24) is 16.0 Å². The third kappa shape index (κ3) is 7.80. The Balaban J connectivity index is 0.00000385. The van der Waals surface area contributed by atoms with Gasteiger partial charge >= 0.3 is 0 Å². The van der Waals surface area contributed by atoms with Gasteiger partial charge in [-0.3, -0.25) is 9.79 Å². The van der Waals surface area contributed by atoms with Crippen molar-refractivity contribution in [3.63, 3.8) is 0 Å². The number of methoxy groups -OCH3 is 1. The topological polar surface area (TPSA) is 78.0 Å². The maximum Gasteiger partial charge on any atom is 0.251 e. The molecular weight excluding hydrogens is 529 g/mol. The predicted molar refractivity (Wildman–Crippen MR) is 146 cm³/mol. The Morgan fingerprint density at radius 3 is 2.61 bits per heavy atom. The number of carbonyl (C=O) groups is 1. The standard InChI is InChI=1S/C25H35N5O2.HI/c1-4-5-15-27-24(31)20-12-10-19(11-13-20)17-28-25(26-2)29-21-14-16-30(18-21)22-8-6-7-9-23(22)32-3;/h6-13,21H,4-5,14-18H2,1-3H3,(H,27,31)(H2,26,28,29);1H. The molecular formula is C25H36IN5O2. The van der Waals surface area contributed by atoms with Crippen molar-refractivity contribution in [1.29, 1.82) is 0 Å². The lowest BCUT2D eigenvalue weighted by Gasteiger charge is -2.22. The lowest BCUT2D eigenvalue weighted by Crippen LogP contribution is -2.44. The van der Waals surface area contributed by atoms with E-state index in [1.54, 1.807) is 14.2 Å². The van der Waals surface area contributed by atoms with E-state index in [4.69, 9.17) is 4.74 Å². The van der Waals surface area contributed by atoms with Crippen LogP contribution in [0.15, 0.2) is 53.5 Å². The number of carbonyl (C=O) groups excluding carboxylic acids is 1. The normalized spacial score (nSPS) is 15.5. The molecule has 33 heavy (non-hydrogen) atoms. The third-order valence-electron chi connectivity index (χ3n) is 5.67. The highest BCUT2D eigenvalue weighted by Gasteiger charge is 2.25. The van der Waals surface area contributed by atoms with E-state index in [2.05, 4.69) is 38.8 Å². The van der Waals surface area contributed by atoms with Gasteiger partial charge in [0, 0.05) is 44.8 Å². The van der Waals surface area contributed by atoms with Crippen molar-refractivity contribution in [3.8, 4) is 5.75 Å². The van der Waals surface area contributed by atoms with E-state index in [-0.39, 0.29) is 29.9 Å². The number of ether oxygens (including phenoxy) is 1. The zero-order valence-electron chi connectivity index (χ0n) is 19.8. The number of para-hydroxylation sites is 2. The molecule has 1 aliphatic heterocycles. The van der Waals surface area contributed by atoms with E-state index in [0.717, 1.165) is 61.9 Å². The van der Waals surface area contributed by atoms with Crippen molar-refractivity contribution in [2.45, 2.75) is 38.8 Å². The second-order valence-electron chi connectivity index (χ2n) is 7.98. The Morgan fingerprint density at radius 2 is 1.91 bits per heavy atom. The highest BCUT2D eigenvalue weighted by Crippen LogP contribution is 2.30. The zero-order valence-corrected chi connectivity index (χ0v) is 22.1. The van der Waals surface area contributed by atoms with Crippen molar-refractivity contribution in [3.05, 3.63) is 59.7 Å². The van der Waals surface area contributed by atoms with Crippen molar-refractivity contribution in [2.24, 2.45) is 4.99 Å². The monoisotopic (exact) mass is 565 g/mol. The SMILES string of the molecule is CCCCNC(=O)c1ccc(CNC(=NC)NC2CCN(c3ccccc3OC)C2)cc1.I. The molecule has 2 aromatic rings. The first-order valence-electron chi connectivity index (χ1n) is 11.4. The number of unbranched alkanes of at least 4 members (excludes halogenated alkanes) is 1. The first-order valence-corrected chi connectivity index (χ1v) is 11.4. The van der Waals surface area contributed by atoms with Gasteiger partial charge in [-0.1, -0.05) is 37.6 Å². The molecule has 8 heteroatoms. The highest BCUT2D eigenvalue weighted by molar-refractivity contribution is 14.0. The van der Waals surface area contributed by atoms with Gasteiger partial charge in [0.1, 0.15) is 5.75 Å². The van der Waals surface area contributed by atoms with E-state index in [1.807, 2.05) is 42.5 Å². The van der Waals surface area contributed by atoms with Crippen LogP contribution >= 0.6 is 24.0 Å². The number of nitrogens with one attached hydrogen (secondary N) is 3. The fraction of sp³-hybridized carbons (Fsp3) is 0.440. The summed E-state index contributed by atoms with van der Waals surface area (Å²) < 4.78 is 5.51. The summed E-state index contributed by atoms with van der Waals surface area (Å²) in [6, 6.07) is 16.1. The van der Waals surface area contributed by atoms with Gasteiger partial charge in [0.05, 0.1) is 12.8 Å². The summed E-state index contributed by atoms with van der Waals surface area (Å²) in [4.78, 5) is 18.9. The maximum absolute atomic E-state index is 12.1. The molecule has 1 saturated heterocycles. The number of aliphatic imine (C=N–C) groups is 1. The summed E-state index contributed by atoms with van der Waals surface area (Å²) in [5.74, 6) is 1.66. The molecule has 1 unspecified atom stereocenters. The van der Waals surface area contributed by atoms with Crippen molar-refractivity contribution < 1.29 is 9.53 Å². The van der Waals surface area contributed by atoms with Crippen LogP contribution in [0.3, 0.4) is 0 Å². The molecule has 1 amide bonds. The van der Waals surface area contributed by atoms with Crippen LogP contribution in [-0.4, -0.2) is 51.7 Å². The molecule has 0 aliphatic carbocycles. The van der Waals surface area contributed by atoms with Crippen LogP contribution in [0.25, 0.3) is 0 Å². The van der Waals surface area contributed by atoms with Gasteiger partial charge < -0.3 is 25.6 Å². The number of guanidine groups is 1. The minimum atomic E-state index is -0.0173. The van der Waals surface area contributed by atoms with Crippen molar-refractivity contribution >= 4 is 41.5 Å². The quantitative estimate of drug-likeness (QED) is 0.187. The number of benzene rings is 2. The van der Waals surface area contributed by atoms with E-state index in [1.165, 1.54) is 0 Å². The molecule has 0 radical (unpaired) electrons. The fourth-order valence-electron chi connectivity index (χ4n) is 3.82. The van der Waals surface area contributed by atoms with Gasteiger partial charge in [-0.25, -0.2) is 0 Å². The van der Waals surface area contributed by atoms with Crippen LogP contribution in [0.5, 0.6) is 5.75 Å². The van der Waals surface area contributed by atoms with E-state index in [9.17, 15) is 4.79 Å². The average molecular weight is 566 g/mol. The van der Waals surface area contributed by atoms with Gasteiger partial charge in [-0.2, -0.15) is 0 Å². The Hall–Kier alpha value is -2.49. The Bertz CT molecular complexity index is 904. The largest absolute Gasteiger partial charge is 0.495 e. The smallest absolute Gasteiger partial charge is 0.251 e. The molecule has 0 saturated carbocycles. The minimum Gasteiger partial charge on any atom is -0.495 e. The number of hydrogen-bond donors (Lipinski definition) is 3. The van der Waals surface area contributed by atoms with Gasteiger partial charge in [-0.05, 0) is 42.7 Å². The highest BCUT2D eigenvalue weighted by atomic mass is 127. The van der Waals surface area contributed by atoms with Gasteiger partial charge in [0.25, 0.3) is 5.91 Å². The van der Waals surface area contributed by atoms with Crippen molar-refractivity contribution in [2.75, 3.05) is 38.7 Å².